The number of hydrogen-bond acceptors (Lipinski definition) is 7. The average Bonchev–Trinajstić information content (AvgIpc) is 2.62. The lowest BCUT2D eigenvalue weighted by molar-refractivity contribution is -0.139. The molecule has 0 saturated heterocycles. The predicted octanol–water partition coefficient (Wildman–Crippen LogP) is -2.50. The molecule has 9 N–H and O–H groups in total. The van der Waals surface area contributed by atoms with Gasteiger partial charge in [0.2, 0.25) is 17.7 Å². The van der Waals surface area contributed by atoms with Gasteiger partial charge in [-0.1, -0.05) is 0 Å². The molecular weight excluding hydrogens is 374 g/mol. The quantitative estimate of drug-likeness (QED) is 0.152. The lowest BCUT2D eigenvalue weighted by Crippen LogP contribution is -2.55. The Morgan fingerprint density at radius 2 is 1.54 bits per heavy atom. The average molecular weight is 403 g/mol. The van der Waals surface area contributed by atoms with Gasteiger partial charge in [0.25, 0.3) is 0 Å². The molecule has 0 aromatic carbocycles. The van der Waals surface area contributed by atoms with Crippen LogP contribution in [-0.2, 0) is 24.0 Å². The third-order valence-electron chi connectivity index (χ3n) is 3.75. The summed E-state index contributed by atoms with van der Waals surface area (Å²) in [6, 6.07) is -3.11. The Hall–Kier alpha value is -2.73. The Labute approximate surface area is 162 Å². The number of rotatable bonds is 14. The first-order valence-electron chi connectivity index (χ1n) is 8.86. The van der Waals surface area contributed by atoms with E-state index in [4.69, 9.17) is 21.7 Å². The van der Waals surface area contributed by atoms with Gasteiger partial charge in [0, 0.05) is 6.42 Å². The second kappa shape index (κ2) is 13.4. The maximum Gasteiger partial charge on any atom is 0.322 e. The highest BCUT2D eigenvalue weighted by molar-refractivity contribution is 5.93. The molecule has 0 aromatic rings. The van der Waals surface area contributed by atoms with Crippen molar-refractivity contribution in [3.8, 4) is 0 Å². The van der Waals surface area contributed by atoms with Gasteiger partial charge in [0.15, 0.2) is 0 Å². The highest BCUT2D eigenvalue weighted by atomic mass is 16.4. The molecule has 0 fully saturated rings. The van der Waals surface area contributed by atoms with Crippen LogP contribution in [0.3, 0.4) is 0 Å². The van der Waals surface area contributed by atoms with Crippen molar-refractivity contribution in [3.63, 3.8) is 0 Å². The summed E-state index contributed by atoms with van der Waals surface area (Å²) in [6.45, 7) is 1.19. The fourth-order valence-corrected chi connectivity index (χ4v) is 2.14. The van der Waals surface area contributed by atoms with Gasteiger partial charge >= 0.3 is 11.9 Å². The number of carbonyl (C=O) groups excluding carboxylic acids is 3. The van der Waals surface area contributed by atoms with Crippen LogP contribution in [0.4, 0.5) is 0 Å². The Bertz CT molecular complexity index is 570. The highest BCUT2D eigenvalue weighted by Crippen LogP contribution is 2.02. The van der Waals surface area contributed by atoms with E-state index in [9.17, 15) is 24.0 Å². The minimum Gasteiger partial charge on any atom is -0.481 e. The minimum absolute atomic E-state index is 0.0885. The second-order valence-electron chi connectivity index (χ2n) is 6.23. The molecule has 160 valence electrons. The van der Waals surface area contributed by atoms with E-state index < -0.39 is 54.3 Å². The maximum atomic E-state index is 12.3. The van der Waals surface area contributed by atoms with E-state index in [-0.39, 0.29) is 19.3 Å². The zero-order valence-electron chi connectivity index (χ0n) is 15.8. The van der Waals surface area contributed by atoms with Crippen LogP contribution in [0.2, 0.25) is 0 Å². The van der Waals surface area contributed by atoms with Crippen molar-refractivity contribution in [1.82, 2.24) is 16.0 Å². The molecule has 0 aliphatic rings. The molecule has 0 bridgehead atoms. The molecule has 12 heteroatoms. The van der Waals surface area contributed by atoms with Gasteiger partial charge < -0.3 is 37.6 Å². The smallest absolute Gasteiger partial charge is 0.322 e. The van der Waals surface area contributed by atoms with Crippen molar-refractivity contribution in [3.05, 3.63) is 0 Å². The van der Waals surface area contributed by atoms with Gasteiger partial charge in [-0.15, -0.1) is 0 Å². The molecule has 3 atom stereocenters. The third kappa shape index (κ3) is 11.1. The molecule has 0 radical (unpaired) electrons. The van der Waals surface area contributed by atoms with E-state index in [1.165, 1.54) is 6.92 Å². The van der Waals surface area contributed by atoms with Gasteiger partial charge in [-0.3, -0.25) is 24.0 Å². The fraction of sp³-hybridized carbons (Fsp3) is 0.688. The zero-order valence-corrected chi connectivity index (χ0v) is 15.8. The van der Waals surface area contributed by atoms with Crippen LogP contribution in [-0.4, -0.2) is 71.1 Å². The van der Waals surface area contributed by atoms with E-state index in [1.54, 1.807) is 0 Å². The second-order valence-corrected chi connectivity index (χ2v) is 6.23. The van der Waals surface area contributed by atoms with Gasteiger partial charge in [-0.2, -0.15) is 0 Å². The van der Waals surface area contributed by atoms with Crippen LogP contribution in [0.25, 0.3) is 0 Å². The largest absolute Gasteiger partial charge is 0.481 e. The summed E-state index contributed by atoms with van der Waals surface area (Å²) in [5.41, 5.74) is 11.0. The van der Waals surface area contributed by atoms with Crippen molar-refractivity contribution in [1.29, 1.82) is 0 Å². The number of carboxylic acids is 2. The third-order valence-corrected chi connectivity index (χ3v) is 3.75. The number of aliphatic carboxylic acids is 2. The van der Waals surface area contributed by atoms with E-state index in [0.717, 1.165) is 0 Å². The van der Waals surface area contributed by atoms with Crippen LogP contribution in [0.5, 0.6) is 0 Å². The van der Waals surface area contributed by atoms with Gasteiger partial charge in [0.05, 0.1) is 6.04 Å². The summed E-state index contributed by atoms with van der Waals surface area (Å²) in [7, 11) is 0. The van der Waals surface area contributed by atoms with Crippen molar-refractivity contribution in [2.45, 2.75) is 57.2 Å². The Morgan fingerprint density at radius 3 is 2.07 bits per heavy atom. The Kier molecular flexibility index (Phi) is 12.1. The number of carboxylic acid groups (broad SMARTS) is 2. The Morgan fingerprint density at radius 1 is 0.893 bits per heavy atom. The summed E-state index contributed by atoms with van der Waals surface area (Å²) in [5.74, 6) is -4.34. The minimum atomic E-state index is -1.23. The van der Waals surface area contributed by atoms with Crippen LogP contribution in [0, 0.1) is 0 Å². The number of unbranched alkanes of at least 4 members (excludes halogenated alkanes) is 1. The number of amides is 3. The molecule has 0 rings (SSSR count). The van der Waals surface area contributed by atoms with Crippen molar-refractivity contribution in [2.75, 3.05) is 13.1 Å². The van der Waals surface area contributed by atoms with Gasteiger partial charge in [-0.05, 0) is 39.2 Å². The molecule has 0 saturated carbocycles. The molecule has 0 aliphatic heterocycles. The van der Waals surface area contributed by atoms with Crippen LogP contribution in [0.15, 0.2) is 0 Å². The van der Waals surface area contributed by atoms with Gasteiger partial charge in [0.1, 0.15) is 18.6 Å². The number of nitrogens with one attached hydrogen (secondary N) is 3. The molecule has 0 aromatic heterocycles. The first-order valence-corrected chi connectivity index (χ1v) is 8.86. The van der Waals surface area contributed by atoms with E-state index in [0.29, 0.717) is 19.4 Å². The lowest BCUT2D eigenvalue weighted by atomic mass is 10.1. The van der Waals surface area contributed by atoms with Crippen LogP contribution < -0.4 is 27.4 Å². The summed E-state index contributed by atoms with van der Waals surface area (Å²) < 4.78 is 0. The fourth-order valence-electron chi connectivity index (χ4n) is 2.14. The standard InChI is InChI=1S/C16H29N5O7/c1-9(20-15(27)10(18)5-6-12(22)23)14(26)21-11(4-2-3-7-17)16(28)19-8-13(24)25/h9-11H,2-8,17-18H2,1H3,(H,19,28)(H,20,27)(H,21,26)(H,22,23)(H,24,25). The molecule has 12 nitrogen and oxygen atoms in total. The lowest BCUT2D eigenvalue weighted by Gasteiger charge is -2.22. The molecule has 0 aliphatic carbocycles. The zero-order chi connectivity index (χ0) is 21.7. The summed E-state index contributed by atoms with van der Waals surface area (Å²) in [6.07, 6.45) is 1.01. The van der Waals surface area contributed by atoms with Crippen LogP contribution in [0.1, 0.15) is 39.0 Å². The predicted molar refractivity (Wildman–Crippen MR) is 97.9 cm³/mol. The van der Waals surface area contributed by atoms with E-state index in [1.807, 2.05) is 0 Å². The molecule has 0 spiro atoms. The SMILES string of the molecule is CC(NC(=O)C(N)CCC(=O)O)C(=O)NC(CCCCN)C(=O)NCC(=O)O. The van der Waals surface area contributed by atoms with Crippen molar-refractivity contribution < 1.29 is 34.2 Å². The molecular formula is C16H29N5O7. The van der Waals surface area contributed by atoms with Gasteiger partial charge in [-0.25, -0.2) is 0 Å². The normalized spacial score (nSPS) is 13.7. The van der Waals surface area contributed by atoms with E-state index in [2.05, 4.69) is 16.0 Å². The van der Waals surface area contributed by atoms with E-state index >= 15 is 0 Å². The van der Waals surface area contributed by atoms with Crippen molar-refractivity contribution >= 4 is 29.7 Å². The number of carbonyl (C=O) groups is 5. The molecule has 3 amide bonds. The maximum absolute atomic E-state index is 12.3. The first-order chi connectivity index (χ1) is 13.1. The summed E-state index contributed by atoms with van der Waals surface area (Å²) in [4.78, 5) is 57.4. The summed E-state index contributed by atoms with van der Waals surface area (Å²) >= 11 is 0. The first kappa shape index (κ1) is 25.3. The number of hydrogen-bond donors (Lipinski definition) is 7. The number of nitrogens with two attached hydrogens (primary N) is 2. The van der Waals surface area contributed by atoms with Crippen LogP contribution >= 0.6 is 0 Å². The monoisotopic (exact) mass is 403 g/mol. The molecule has 3 unspecified atom stereocenters. The summed E-state index contributed by atoms with van der Waals surface area (Å²) in [5, 5.41) is 24.2. The Balaban J connectivity index is 4.74. The highest BCUT2D eigenvalue weighted by Gasteiger charge is 2.25. The van der Waals surface area contributed by atoms with Crippen molar-refractivity contribution in [2.24, 2.45) is 11.5 Å². The molecule has 0 heterocycles. The molecule has 28 heavy (non-hydrogen) atoms. The topological polar surface area (TPSA) is 214 Å².